The third kappa shape index (κ3) is 2.59. The van der Waals surface area contributed by atoms with Crippen LogP contribution in [0.1, 0.15) is 10.4 Å². The van der Waals surface area contributed by atoms with E-state index in [1.54, 1.807) is 31.3 Å². The van der Waals surface area contributed by atoms with Crippen LogP contribution in [-0.2, 0) is 7.05 Å². The third-order valence-electron chi connectivity index (χ3n) is 4.69. The van der Waals surface area contributed by atoms with Crippen LogP contribution in [0, 0.1) is 0 Å². The summed E-state index contributed by atoms with van der Waals surface area (Å²) in [4.78, 5) is 24.6. The number of nitrogens with zero attached hydrogens (tertiary/aromatic N) is 1. The van der Waals surface area contributed by atoms with Crippen molar-refractivity contribution in [2.24, 2.45) is 7.05 Å². The van der Waals surface area contributed by atoms with Gasteiger partial charge in [0, 0.05) is 18.2 Å². The summed E-state index contributed by atoms with van der Waals surface area (Å²) in [6.07, 6.45) is 0.737. The molecule has 0 N–H and O–H groups in total. The lowest BCUT2D eigenvalue weighted by molar-refractivity contribution is 0.112. The minimum absolute atomic E-state index is 0.102. The zero-order valence-electron chi connectivity index (χ0n) is 15.1. The van der Waals surface area contributed by atoms with Crippen molar-refractivity contribution < 1.29 is 23.7 Å². The number of aldehydes is 1. The lowest BCUT2D eigenvalue weighted by Gasteiger charge is -2.15. The molecule has 0 radical (unpaired) electrons. The van der Waals surface area contributed by atoms with Crippen molar-refractivity contribution in [2.75, 3.05) is 21.0 Å². The number of hydrogen-bond donors (Lipinski definition) is 0. The molecule has 1 aromatic heterocycles. The van der Waals surface area contributed by atoms with Crippen LogP contribution in [0.2, 0.25) is 0 Å². The molecule has 2 heterocycles. The Hall–Kier alpha value is -3.48. The van der Waals surface area contributed by atoms with E-state index >= 15 is 0 Å². The summed E-state index contributed by atoms with van der Waals surface area (Å²) in [5.74, 6) is 2.05. The van der Waals surface area contributed by atoms with Crippen LogP contribution in [0.3, 0.4) is 0 Å². The molecule has 0 bridgehead atoms. The van der Waals surface area contributed by atoms with Crippen LogP contribution in [0.5, 0.6) is 23.0 Å². The molecule has 0 fully saturated rings. The van der Waals surface area contributed by atoms with Gasteiger partial charge >= 0.3 is 0 Å². The summed E-state index contributed by atoms with van der Waals surface area (Å²) in [6, 6.07) is 8.57. The van der Waals surface area contributed by atoms with Crippen LogP contribution in [-0.4, -0.2) is 31.9 Å². The first-order valence-electron chi connectivity index (χ1n) is 8.22. The van der Waals surface area contributed by atoms with Gasteiger partial charge in [0.1, 0.15) is 0 Å². The average molecular weight is 367 g/mol. The topological polar surface area (TPSA) is 76.0 Å². The molecule has 27 heavy (non-hydrogen) atoms. The first-order valence-corrected chi connectivity index (χ1v) is 8.22. The minimum Gasteiger partial charge on any atom is -0.493 e. The number of ether oxygens (including phenoxy) is 4. The molecular weight excluding hydrogens is 350 g/mol. The molecule has 7 heteroatoms. The van der Waals surface area contributed by atoms with Crippen molar-refractivity contribution >= 4 is 17.1 Å². The standard InChI is InChI=1S/C20H17NO6/c1-21-15(13-7-19-18(26-10-27-19)6-12(13)9-22)4-11-5-16(24-2)17(25-3)8-14(11)20(21)23/h4-9H,10H2,1-3H3. The smallest absolute Gasteiger partial charge is 0.258 e. The van der Waals surface area contributed by atoms with Crippen molar-refractivity contribution in [1.29, 1.82) is 0 Å². The minimum atomic E-state index is -0.210. The van der Waals surface area contributed by atoms with Gasteiger partial charge in [0.05, 0.1) is 25.3 Å². The summed E-state index contributed by atoms with van der Waals surface area (Å²) in [7, 11) is 4.71. The predicted octanol–water partition coefficient (Wildman–Crippen LogP) is 2.76. The number of rotatable bonds is 4. The second kappa shape index (κ2) is 6.35. The summed E-state index contributed by atoms with van der Waals surface area (Å²) >= 11 is 0. The van der Waals surface area contributed by atoms with Crippen molar-refractivity contribution in [1.82, 2.24) is 4.57 Å². The number of pyridine rings is 1. The molecule has 3 aromatic rings. The molecule has 0 atom stereocenters. The Morgan fingerprint density at radius 2 is 1.67 bits per heavy atom. The van der Waals surface area contributed by atoms with E-state index in [4.69, 9.17) is 18.9 Å². The first-order chi connectivity index (χ1) is 13.1. The van der Waals surface area contributed by atoms with E-state index in [-0.39, 0.29) is 12.4 Å². The number of carbonyl (C=O) groups excluding carboxylic acids is 1. The van der Waals surface area contributed by atoms with Crippen molar-refractivity contribution in [3.05, 3.63) is 46.2 Å². The maximum Gasteiger partial charge on any atom is 0.258 e. The van der Waals surface area contributed by atoms with Gasteiger partial charge in [-0.1, -0.05) is 0 Å². The molecule has 0 amide bonds. The fourth-order valence-electron chi connectivity index (χ4n) is 3.27. The third-order valence-corrected chi connectivity index (χ3v) is 4.69. The van der Waals surface area contributed by atoms with Gasteiger partial charge in [-0.25, -0.2) is 0 Å². The van der Waals surface area contributed by atoms with Crippen molar-refractivity contribution in [3.8, 4) is 34.3 Å². The van der Waals surface area contributed by atoms with E-state index in [2.05, 4.69) is 0 Å². The highest BCUT2D eigenvalue weighted by atomic mass is 16.7. The highest BCUT2D eigenvalue weighted by Crippen LogP contribution is 2.39. The number of carbonyl (C=O) groups is 1. The second-order valence-corrected chi connectivity index (χ2v) is 6.10. The molecular formula is C20H17NO6. The maximum absolute atomic E-state index is 12.9. The van der Waals surface area contributed by atoms with Gasteiger partial charge in [0.25, 0.3) is 5.56 Å². The molecule has 0 unspecified atom stereocenters. The van der Waals surface area contributed by atoms with Crippen LogP contribution in [0.4, 0.5) is 0 Å². The highest BCUT2D eigenvalue weighted by Gasteiger charge is 2.20. The van der Waals surface area contributed by atoms with Crippen molar-refractivity contribution in [3.63, 3.8) is 0 Å². The zero-order valence-corrected chi connectivity index (χ0v) is 15.1. The number of benzene rings is 2. The van der Waals surface area contributed by atoms with E-state index in [9.17, 15) is 9.59 Å². The van der Waals surface area contributed by atoms with E-state index in [0.717, 1.165) is 6.29 Å². The van der Waals surface area contributed by atoms with Crippen LogP contribution >= 0.6 is 0 Å². The van der Waals surface area contributed by atoms with Crippen molar-refractivity contribution in [2.45, 2.75) is 0 Å². The number of hydrogen-bond acceptors (Lipinski definition) is 6. The van der Waals surface area contributed by atoms with E-state index < -0.39 is 0 Å². The lowest BCUT2D eigenvalue weighted by atomic mass is 10.0. The predicted molar refractivity (Wildman–Crippen MR) is 99.2 cm³/mol. The molecule has 1 aliphatic rings. The molecule has 7 nitrogen and oxygen atoms in total. The summed E-state index contributed by atoms with van der Waals surface area (Å²) < 4.78 is 22.9. The van der Waals surface area contributed by atoms with Gasteiger partial charge in [0.15, 0.2) is 29.3 Å². The molecule has 0 saturated heterocycles. The molecule has 2 aromatic carbocycles. The van der Waals surface area contributed by atoms with Gasteiger partial charge in [0.2, 0.25) is 6.79 Å². The Bertz CT molecular complexity index is 1130. The highest BCUT2D eigenvalue weighted by molar-refractivity contribution is 5.93. The molecule has 0 aliphatic carbocycles. The number of fused-ring (bicyclic) bond motifs is 2. The summed E-state index contributed by atoms with van der Waals surface area (Å²) in [5, 5.41) is 1.17. The zero-order chi connectivity index (χ0) is 19.1. The van der Waals surface area contributed by atoms with Crippen LogP contribution in [0.15, 0.2) is 35.1 Å². The average Bonchev–Trinajstić information content (AvgIpc) is 3.16. The Morgan fingerprint density at radius 1 is 1.00 bits per heavy atom. The summed E-state index contributed by atoms with van der Waals surface area (Å²) in [6.45, 7) is 0.102. The quantitative estimate of drug-likeness (QED) is 0.660. The van der Waals surface area contributed by atoms with Gasteiger partial charge < -0.3 is 23.5 Å². The Kier molecular flexibility index (Phi) is 3.99. The molecule has 0 spiro atoms. The lowest BCUT2D eigenvalue weighted by Crippen LogP contribution is -2.19. The number of aromatic nitrogens is 1. The maximum atomic E-state index is 12.9. The van der Waals surface area contributed by atoms with Gasteiger partial charge in [-0.2, -0.15) is 0 Å². The Morgan fingerprint density at radius 3 is 2.33 bits per heavy atom. The molecule has 138 valence electrons. The van der Waals surface area contributed by atoms with Crippen LogP contribution in [0.25, 0.3) is 22.0 Å². The largest absolute Gasteiger partial charge is 0.493 e. The molecule has 4 rings (SSSR count). The monoisotopic (exact) mass is 367 g/mol. The fourth-order valence-corrected chi connectivity index (χ4v) is 3.27. The van der Waals surface area contributed by atoms with E-state index in [1.165, 1.54) is 18.8 Å². The normalized spacial score (nSPS) is 12.3. The van der Waals surface area contributed by atoms with E-state index in [1.807, 2.05) is 6.07 Å². The molecule has 1 aliphatic heterocycles. The first kappa shape index (κ1) is 17.0. The SMILES string of the molecule is COc1cc2cc(-c3cc4c(cc3C=O)OCO4)n(C)c(=O)c2cc1OC. The van der Waals surface area contributed by atoms with Gasteiger partial charge in [-0.15, -0.1) is 0 Å². The Labute approximate surface area is 154 Å². The number of methoxy groups -OCH3 is 2. The van der Waals surface area contributed by atoms with Gasteiger partial charge in [-0.05, 0) is 35.7 Å². The van der Waals surface area contributed by atoms with Gasteiger partial charge in [-0.3, -0.25) is 9.59 Å². The Balaban J connectivity index is 2.02. The molecule has 0 saturated carbocycles. The second-order valence-electron chi connectivity index (χ2n) is 6.10. The summed E-state index contributed by atoms with van der Waals surface area (Å²) in [5.41, 5.74) is 1.37. The fraction of sp³-hybridized carbons (Fsp3) is 0.200. The van der Waals surface area contributed by atoms with E-state index in [0.29, 0.717) is 50.6 Å². The van der Waals surface area contributed by atoms with Crippen LogP contribution < -0.4 is 24.5 Å².